The summed E-state index contributed by atoms with van der Waals surface area (Å²) < 4.78 is 54.7. The van der Waals surface area contributed by atoms with Crippen LogP contribution in [0, 0.1) is 0 Å². The fraction of sp³-hybridized carbons (Fsp3) is 0.190. The van der Waals surface area contributed by atoms with Crippen molar-refractivity contribution in [1.29, 1.82) is 0 Å². The van der Waals surface area contributed by atoms with Crippen LogP contribution in [0.5, 0.6) is 0 Å². The maximum atomic E-state index is 12.8. The number of halogens is 2. The van der Waals surface area contributed by atoms with Gasteiger partial charge in [-0.25, -0.2) is 16.8 Å². The molecule has 1 aliphatic heterocycles. The lowest BCUT2D eigenvalue weighted by molar-refractivity contribution is 0.102. The van der Waals surface area contributed by atoms with Crippen molar-refractivity contribution in [1.82, 2.24) is 4.31 Å². The third-order valence-electron chi connectivity index (χ3n) is 5.11. The van der Waals surface area contributed by atoms with E-state index in [9.17, 15) is 21.6 Å². The minimum absolute atomic E-state index is 0.0440. The Labute approximate surface area is 211 Å². The number of sulfonamides is 2. The van der Waals surface area contributed by atoms with Gasteiger partial charge in [-0.1, -0.05) is 29.3 Å². The van der Waals surface area contributed by atoms with Crippen molar-refractivity contribution < 1.29 is 21.6 Å². The van der Waals surface area contributed by atoms with E-state index in [0.29, 0.717) is 18.8 Å². The summed E-state index contributed by atoms with van der Waals surface area (Å²) in [6.45, 7) is 0.974. The van der Waals surface area contributed by atoms with E-state index in [4.69, 9.17) is 23.2 Å². The third kappa shape index (κ3) is 5.40. The number of carbonyl (C=O) groups excluding carboxylic acids is 1. The van der Waals surface area contributed by atoms with Crippen LogP contribution in [0.25, 0.3) is 0 Å². The lowest BCUT2D eigenvalue weighted by Gasteiger charge is -2.16. The molecule has 1 saturated heterocycles. The average molecular weight is 561 g/mol. The standard InChI is InChI=1S/C21H19Cl2N3O5S3/c22-19-13-18(20(23)32-19)33(28,29)25-15-8-6-14(7-9-15)21(27)24-16-4-3-5-17(12-16)34(30,31)26-10-1-2-11-26/h3-9,12-13,25H,1-2,10-11H2,(H,24,27). The van der Waals surface area contributed by atoms with Crippen LogP contribution in [0.3, 0.4) is 0 Å². The Hall–Kier alpha value is -2.15. The van der Waals surface area contributed by atoms with Crippen molar-refractivity contribution >= 4 is 71.9 Å². The molecular weight excluding hydrogens is 541 g/mol. The van der Waals surface area contributed by atoms with E-state index in [-0.39, 0.29) is 29.7 Å². The molecule has 2 N–H and O–H groups in total. The van der Waals surface area contributed by atoms with Gasteiger partial charge in [0.2, 0.25) is 10.0 Å². The first-order valence-corrected chi connectivity index (χ1v) is 14.6. The minimum atomic E-state index is -3.95. The summed E-state index contributed by atoms with van der Waals surface area (Å²) in [7, 11) is -7.56. The van der Waals surface area contributed by atoms with E-state index in [1.165, 1.54) is 46.8 Å². The van der Waals surface area contributed by atoms with Gasteiger partial charge < -0.3 is 5.32 Å². The molecule has 1 fully saturated rings. The number of hydrogen-bond acceptors (Lipinski definition) is 6. The molecule has 2 aromatic carbocycles. The van der Waals surface area contributed by atoms with Gasteiger partial charge in [-0.3, -0.25) is 9.52 Å². The van der Waals surface area contributed by atoms with Crippen molar-refractivity contribution in [2.24, 2.45) is 0 Å². The number of nitrogens with one attached hydrogen (secondary N) is 2. The van der Waals surface area contributed by atoms with E-state index in [0.717, 1.165) is 24.2 Å². The van der Waals surface area contributed by atoms with E-state index >= 15 is 0 Å². The van der Waals surface area contributed by atoms with Gasteiger partial charge in [0.25, 0.3) is 15.9 Å². The highest BCUT2D eigenvalue weighted by Crippen LogP contribution is 2.35. The molecule has 1 aromatic heterocycles. The van der Waals surface area contributed by atoms with Crippen molar-refractivity contribution in [3.63, 3.8) is 0 Å². The molecule has 2 heterocycles. The summed E-state index contributed by atoms with van der Waals surface area (Å²) in [5.74, 6) is -0.474. The Balaban J connectivity index is 1.46. The summed E-state index contributed by atoms with van der Waals surface area (Å²) in [4.78, 5) is 12.6. The summed E-state index contributed by atoms with van der Waals surface area (Å²) in [5, 5.41) is 2.67. The van der Waals surface area contributed by atoms with Crippen LogP contribution in [-0.2, 0) is 20.0 Å². The molecule has 0 aliphatic carbocycles. The summed E-state index contributed by atoms with van der Waals surface area (Å²) in [5.41, 5.74) is 0.819. The van der Waals surface area contributed by atoms with Crippen LogP contribution < -0.4 is 10.0 Å². The normalized spacial score (nSPS) is 14.8. The van der Waals surface area contributed by atoms with Crippen LogP contribution in [0.1, 0.15) is 23.2 Å². The molecule has 34 heavy (non-hydrogen) atoms. The minimum Gasteiger partial charge on any atom is -0.322 e. The van der Waals surface area contributed by atoms with Crippen molar-refractivity contribution in [2.75, 3.05) is 23.1 Å². The molecule has 1 amide bonds. The molecule has 4 rings (SSSR count). The topological polar surface area (TPSA) is 113 Å². The van der Waals surface area contributed by atoms with Gasteiger partial charge in [-0.2, -0.15) is 4.31 Å². The summed E-state index contributed by atoms with van der Waals surface area (Å²) in [6, 6.07) is 13.1. The summed E-state index contributed by atoms with van der Waals surface area (Å²) in [6.07, 6.45) is 1.66. The molecule has 8 nitrogen and oxygen atoms in total. The number of hydrogen-bond donors (Lipinski definition) is 2. The van der Waals surface area contributed by atoms with Crippen LogP contribution >= 0.6 is 34.5 Å². The quantitative estimate of drug-likeness (QED) is 0.427. The first-order valence-electron chi connectivity index (χ1n) is 10.1. The zero-order chi connectivity index (χ0) is 24.5. The molecule has 0 bridgehead atoms. The summed E-state index contributed by atoms with van der Waals surface area (Å²) >= 11 is 12.7. The zero-order valence-electron chi connectivity index (χ0n) is 17.5. The number of benzene rings is 2. The Morgan fingerprint density at radius 2 is 1.59 bits per heavy atom. The lowest BCUT2D eigenvalue weighted by Crippen LogP contribution is -2.27. The fourth-order valence-electron chi connectivity index (χ4n) is 3.42. The van der Waals surface area contributed by atoms with E-state index < -0.39 is 26.0 Å². The van der Waals surface area contributed by atoms with Gasteiger partial charge in [-0.15, -0.1) is 11.3 Å². The monoisotopic (exact) mass is 559 g/mol. The molecule has 0 saturated carbocycles. The number of thiophene rings is 1. The Kier molecular flexibility index (Phi) is 7.22. The third-order valence-corrected chi connectivity index (χ3v) is 10.1. The smallest absolute Gasteiger partial charge is 0.264 e. The SMILES string of the molecule is O=C(Nc1cccc(S(=O)(=O)N2CCCC2)c1)c1ccc(NS(=O)(=O)c2cc(Cl)sc2Cl)cc1. The van der Waals surface area contributed by atoms with Gasteiger partial charge in [-0.05, 0) is 61.4 Å². The Morgan fingerprint density at radius 1 is 0.912 bits per heavy atom. The molecule has 0 unspecified atom stereocenters. The highest BCUT2D eigenvalue weighted by molar-refractivity contribution is 7.93. The maximum Gasteiger partial charge on any atom is 0.264 e. The second kappa shape index (κ2) is 9.84. The van der Waals surface area contributed by atoms with Crippen LogP contribution in [-0.4, -0.2) is 40.1 Å². The number of nitrogens with zero attached hydrogens (tertiary/aromatic N) is 1. The first kappa shape index (κ1) is 25.0. The largest absolute Gasteiger partial charge is 0.322 e. The number of amides is 1. The fourth-order valence-corrected chi connectivity index (χ4v) is 8.20. The average Bonchev–Trinajstić information content (AvgIpc) is 3.44. The van der Waals surface area contributed by atoms with Gasteiger partial charge >= 0.3 is 0 Å². The van der Waals surface area contributed by atoms with Gasteiger partial charge in [0.05, 0.1) is 9.23 Å². The highest BCUT2D eigenvalue weighted by Gasteiger charge is 2.27. The van der Waals surface area contributed by atoms with E-state index in [1.807, 2.05) is 0 Å². The Bertz CT molecular complexity index is 1430. The molecule has 0 spiro atoms. The second-order valence-electron chi connectivity index (χ2n) is 7.46. The number of carbonyl (C=O) groups is 1. The van der Waals surface area contributed by atoms with Crippen molar-refractivity contribution in [2.45, 2.75) is 22.6 Å². The number of anilines is 2. The number of rotatable bonds is 7. The van der Waals surface area contributed by atoms with Crippen molar-refractivity contribution in [3.05, 3.63) is 68.8 Å². The maximum absolute atomic E-state index is 12.8. The predicted molar refractivity (Wildman–Crippen MR) is 134 cm³/mol. The highest BCUT2D eigenvalue weighted by atomic mass is 35.5. The molecule has 13 heteroatoms. The second-order valence-corrected chi connectivity index (χ2v) is 13.3. The molecule has 180 valence electrons. The van der Waals surface area contributed by atoms with E-state index in [1.54, 1.807) is 12.1 Å². The Morgan fingerprint density at radius 3 is 2.21 bits per heavy atom. The van der Waals surface area contributed by atoms with Gasteiger partial charge in [0, 0.05) is 30.0 Å². The van der Waals surface area contributed by atoms with Crippen LogP contribution in [0.15, 0.2) is 64.4 Å². The first-order chi connectivity index (χ1) is 16.1. The van der Waals surface area contributed by atoms with Gasteiger partial charge in [0.15, 0.2) is 0 Å². The molecular formula is C21H19Cl2N3O5S3. The molecule has 1 aliphatic rings. The molecule has 3 aromatic rings. The van der Waals surface area contributed by atoms with Gasteiger partial charge in [0.1, 0.15) is 9.23 Å². The van der Waals surface area contributed by atoms with Crippen LogP contribution in [0.2, 0.25) is 8.67 Å². The lowest BCUT2D eigenvalue weighted by atomic mass is 10.2. The van der Waals surface area contributed by atoms with Crippen LogP contribution in [0.4, 0.5) is 11.4 Å². The van der Waals surface area contributed by atoms with E-state index in [2.05, 4.69) is 10.0 Å². The predicted octanol–water partition coefficient (Wildman–Crippen LogP) is 4.89. The zero-order valence-corrected chi connectivity index (χ0v) is 21.5. The molecule has 0 radical (unpaired) electrons. The van der Waals surface area contributed by atoms with Crippen molar-refractivity contribution in [3.8, 4) is 0 Å². The molecule has 0 atom stereocenters.